The van der Waals surface area contributed by atoms with Gasteiger partial charge < -0.3 is 19.8 Å². The second kappa shape index (κ2) is 7.82. The maximum atomic E-state index is 12.2. The predicted molar refractivity (Wildman–Crippen MR) is 115 cm³/mol. The van der Waals surface area contributed by atoms with E-state index in [0.717, 1.165) is 10.8 Å². The van der Waals surface area contributed by atoms with Crippen LogP contribution in [0.2, 0.25) is 5.02 Å². The number of nitrogens with two attached hydrogens (primary N) is 1. The summed E-state index contributed by atoms with van der Waals surface area (Å²) in [6, 6.07) is 20.8. The number of esters is 1. The Morgan fingerprint density at radius 1 is 1.10 bits per heavy atom. The molecule has 0 unspecified atom stereocenters. The number of ether oxygens (including phenoxy) is 2. The minimum atomic E-state index is -0.651. The summed E-state index contributed by atoms with van der Waals surface area (Å²) in [6.07, 6.45) is 1.47. The van der Waals surface area contributed by atoms with E-state index in [1.165, 1.54) is 17.9 Å². The van der Waals surface area contributed by atoms with E-state index in [0.29, 0.717) is 22.2 Å². The molecule has 0 spiro atoms. The lowest BCUT2D eigenvalue weighted by atomic mass is 10.1. The quantitative estimate of drug-likeness (QED) is 0.454. The lowest BCUT2D eigenvalue weighted by molar-refractivity contribution is 0.0593. The summed E-state index contributed by atoms with van der Waals surface area (Å²) in [5.41, 5.74) is 6.77. The maximum absolute atomic E-state index is 12.2. The molecule has 0 aliphatic rings. The summed E-state index contributed by atoms with van der Waals surface area (Å²) < 4.78 is 12.2. The topological polar surface area (TPSA) is 90.3 Å². The van der Waals surface area contributed by atoms with Gasteiger partial charge in [0.2, 0.25) is 0 Å². The SMILES string of the molecule is COC(=O)c1c(N)c(C#N)cn1-c1ccc(Oc2ccc3ccccc3c2)c(Cl)c1. The van der Waals surface area contributed by atoms with E-state index in [1.807, 2.05) is 48.5 Å². The Balaban J connectivity index is 1.70. The van der Waals surface area contributed by atoms with Crippen LogP contribution in [0.25, 0.3) is 16.5 Å². The molecule has 3 aromatic carbocycles. The van der Waals surface area contributed by atoms with E-state index in [-0.39, 0.29) is 16.9 Å². The number of aromatic nitrogens is 1. The van der Waals surface area contributed by atoms with Crippen molar-refractivity contribution in [3.63, 3.8) is 0 Å². The number of anilines is 1. The molecule has 4 aromatic rings. The van der Waals surface area contributed by atoms with Crippen LogP contribution in [0.15, 0.2) is 66.9 Å². The van der Waals surface area contributed by atoms with Crippen LogP contribution in [0, 0.1) is 11.3 Å². The molecule has 4 rings (SSSR count). The van der Waals surface area contributed by atoms with Crippen molar-refractivity contribution in [3.05, 3.63) is 83.1 Å². The highest BCUT2D eigenvalue weighted by atomic mass is 35.5. The summed E-state index contributed by atoms with van der Waals surface area (Å²) in [6.45, 7) is 0. The number of benzene rings is 3. The highest BCUT2D eigenvalue weighted by molar-refractivity contribution is 6.32. The van der Waals surface area contributed by atoms with Crippen LogP contribution >= 0.6 is 11.6 Å². The fourth-order valence-corrected chi connectivity index (χ4v) is 3.41. The van der Waals surface area contributed by atoms with Crippen LogP contribution in [-0.2, 0) is 4.74 Å². The first kappa shape index (κ1) is 19.4. The van der Waals surface area contributed by atoms with Gasteiger partial charge in [0.05, 0.1) is 23.4 Å². The number of nitrogen functional groups attached to an aromatic ring is 1. The summed E-state index contributed by atoms with van der Waals surface area (Å²) in [4.78, 5) is 12.2. The van der Waals surface area contributed by atoms with E-state index in [2.05, 4.69) is 0 Å². The number of nitrogens with zero attached hydrogens (tertiary/aromatic N) is 2. The van der Waals surface area contributed by atoms with Gasteiger partial charge in [-0.25, -0.2) is 4.79 Å². The number of carbonyl (C=O) groups excluding carboxylic acids is 1. The molecule has 0 fully saturated rings. The number of hydrogen-bond donors (Lipinski definition) is 1. The van der Waals surface area contributed by atoms with E-state index in [9.17, 15) is 10.1 Å². The zero-order valence-electron chi connectivity index (χ0n) is 15.9. The molecule has 0 amide bonds. The predicted octanol–water partition coefficient (Wildman–Crippen LogP) is 5.32. The minimum Gasteiger partial charge on any atom is -0.464 e. The Kier molecular flexibility index (Phi) is 5.05. The van der Waals surface area contributed by atoms with Crippen LogP contribution in [0.4, 0.5) is 5.69 Å². The molecule has 148 valence electrons. The lowest BCUT2D eigenvalue weighted by Gasteiger charge is -2.12. The Labute approximate surface area is 177 Å². The average Bonchev–Trinajstić information content (AvgIpc) is 3.10. The van der Waals surface area contributed by atoms with E-state index >= 15 is 0 Å². The molecule has 0 aliphatic heterocycles. The van der Waals surface area contributed by atoms with E-state index in [4.69, 9.17) is 26.8 Å². The first-order chi connectivity index (χ1) is 14.5. The molecule has 0 bridgehead atoms. The van der Waals surface area contributed by atoms with Crippen molar-refractivity contribution in [2.24, 2.45) is 0 Å². The molecule has 0 saturated heterocycles. The first-order valence-electron chi connectivity index (χ1n) is 8.97. The van der Waals surface area contributed by atoms with Crippen LogP contribution < -0.4 is 10.5 Å². The number of rotatable bonds is 4. The van der Waals surface area contributed by atoms with Gasteiger partial charge >= 0.3 is 5.97 Å². The second-order valence-corrected chi connectivity index (χ2v) is 6.91. The number of hydrogen-bond acceptors (Lipinski definition) is 5. The number of nitriles is 1. The zero-order chi connectivity index (χ0) is 21.3. The van der Waals surface area contributed by atoms with Crippen molar-refractivity contribution < 1.29 is 14.3 Å². The number of fused-ring (bicyclic) bond motifs is 1. The molecule has 6 nitrogen and oxygen atoms in total. The lowest BCUT2D eigenvalue weighted by Crippen LogP contribution is -2.11. The Morgan fingerprint density at radius 3 is 2.57 bits per heavy atom. The molecule has 0 radical (unpaired) electrons. The molecule has 2 N–H and O–H groups in total. The van der Waals surface area contributed by atoms with E-state index < -0.39 is 5.97 Å². The summed E-state index contributed by atoms with van der Waals surface area (Å²) >= 11 is 6.44. The molecule has 7 heteroatoms. The van der Waals surface area contributed by atoms with Crippen LogP contribution in [0.1, 0.15) is 16.1 Å². The van der Waals surface area contributed by atoms with Gasteiger partial charge in [-0.2, -0.15) is 5.26 Å². The van der Waals surface area contributed by atoms with Crippen molar-refractivity contribution in [3.8, 4) is 23.3 Å². The monoisotopic (exact) mass is 417 g/mol. The minimum absolute atomic E-state index is 0.0527. The Hall–Kier alpha value is -3.95. The van der Waals surface area contributed by atoms with Gasteiger partial charge in [-0.1, -0.05) is 41.9 Å². The van der Waals surface area contributed by atoms with Gasteiger partial charge in [-0.15, -0.1) is 0 Å². The maximum Gasteiger partial charge on any atom is 0.357 e. The molecule has 1 aromatic heterocycles. The summed E-state index contributed by atoms with van der Waals surface area (Å²) in [5, 5.41) is 11.8. The largest absolute Gasteiger partial charge is 0.464 e. The third-order valence-corrected chi connectivity index (χ3v) is 4.98. The van der Waals surface area contributed by atoms with Gasteiger partial charge in [0.15, 0.2) is 5.69 Å². The third-order valence-electron chi connectivity index (χ3n) is 4.69. The third kappa shape index (κ3) is 3.43. The van der Waals surface area contributed by atoms with E-state index in [1.54, 1.807) is 18.2 Å². The van der Waals surface area contributed by atoms with Crippen molar-refractivity contribution >= 4 is 34.0 Å². The van der Waals surface area contributed by atoms with Gasteiger partial charge in [0.1, 0.15) is 17.6 Å². The highest BCUT2D eigenvalue weighted by Crippen LogP contribution is 2.34. The standard InChI is InChI=1S/C23H16ClN3O3/c1-29-23(28)22-21(26)16(12-25)13-27(22)17-7-9-20(19(24)11-17)30-18-8-6-14-4-2-3-5-15(14)10-18/h2-11,13H,26H2,1H3. The Morgan fingerprint density at radius 2 is 1.87 bits per heavy atom. The molecular weight excluding hydrogens is 402 g/mol. The summed E-state index contributed by atoms with van der Waals surface area (Å²) in [5.74, 6) is 0.452. The van der Waals surface area contributed by atoms with Crippen LogP contribution in [-0.4, -0.2) is 17.6 Å². The highest BCUT2D eigenvalue weighted by Gasteiger charge is 2.22. The number of halogens is 1. The van der Waals surface area contributed by atoms with Crippen molar-refractivity contribution in [2.45, 2.75) is 0 Å². The number of methoxy groups -OCH3 is 1. The molecule has 1 heterocycles. The van der Waals surface area contributed by atoms with Crippen molar-refractivity contribution in [1.82, 2.24) is 4.57 Å². The zero-order valence-corrected chi connectivity index (χ0v) is 16.7. The van der Waals surface area contributed by atoms with Gasteiger partial charge in [0.25, 0.3) is 0 Å². The molecule has 0 aliphatic carbocycles. The molecule has 0 atom stereocenters. The van der Waals surface area contributed by atoms with Gasteiger partial charge in [-0.05, 0) is 41.1 Å². The van der Waals surface area contributed by atoms with Crippen LogP contribution in [0.3, 0.4) is 0 Å². The average molecular weight is 418 g/mol. The smallest absolute Gasteiger partial charge is 0.357 e. The first-order valence-corrected chi connectivity index (χ1v) is 9.35. The fourth-order valence-electron chi connectivity index (χ4n) is 3.20. The second-order valence-electron chi connectivity index (χ2n) is 6.50. The van der Waals surface area contributed by atoms with Gasteiger partial charge in [0, 0.05) is 11.9 Å². The number of carbonyl (C=O) groups is 1. The van der Waals surface area contributed by atoms with Crippen LogP contribution in [0.5, 0.6) is 11.5 Å². The fraction of sp³-hybridized carbons (Fsp3) is 0.0435. The summed E-state index contributed by atoms with van der Waals surface area (Å²) in [7, 11) is 1.25. The normalized spacial score (nSPS) is 10.6. The van der Waals surface area contributed by atoms with Gasteiger partial charge in [-0.3, -0.25) is 0 Å². The molecule has 0 saturated carbocycles. The van der Waals surface area contributed by atoms with Crippen molar-refractivity contribution in [1.29, 1.82) is 5.26 Å². The Bertz CT molecular complexity index is 1320. The molecule has 30 heavy (non-hydrogen) atoms. The molecular formula is C23H16ClN3O3. The van der Waals surface area contributed by atoms with Crippen molar-refractivity contribution in [2.75, 3.05) is 12.8 Å².